The number of hydrogen-bond donors (Lipinski definition) is 0. The number of hydrogen-bond acceptors (Lipinski definition) is 3. The number of likely N-dealkylation sites (N-methyl/N-ethyl adjacent to an activating group) is 1. The molecule has 1 amide bonds. The molecular formula is C11H11FN2O2. The first-order chi connectivity index (χ1) is 7.63. The molecule has 1 atom stereocenters. The number of halogens is 1. The van der Waals surface area contributed by atoms with Gasteiger partial charge in [-0.1, -0.05) is 11.2 Å². The van der Waals surface area contributed by atoms with Crippen LogP contribution >= 0.6 is 0 Å². The molecule has 0 aromatic heterocycles. The highest BCUT2D eigenvalue weighted by Gasteiger charge is 2.30. The number of nitrogens with zero attached hydrogens (tertiary/aromatic N) is 2. The molecule has 0 radical (unpaired) electrons. The molecule has 1 aromatic carbocycles. The standard InChI is InChI=1S/C11H11FN2O2/c1-14-5-4-7-6-8(12)2-3-9(7)10(13-16)11(14)15/h2-3,6,10H,4-5H2,1H3. The van der Waals surface area contributed by atoms with Crippen LogP contribution in [0.1, 0.15) is 17.2 Å². The predicted octanol–water partition coefficient (Wildman–Crippen LogP) is 1.65. The summed E-state index contributed by atoms with van der Waals surface area (Å²) in [6, 6.07) is 3.03. The Bertz CT molecular complexity index is 448. The van der Waals surface area contributed by atoms with E-state index in [1.54, 1.807) is 7.05 Å². The maximum atomic E-state index is 13.0. The molecule has 84 valence electrons. The van der Waals surface area contributed by atoms with E-state index >= 15 is 0 Å². The maximum Gasteiger partial charge on any atom is 0.255 e. The number of amides is 1. The second-order valence-electron chi connectivity index (χ2n) is 3.86. The fourth-order valence-corrected chi connectivity index (χ4v) is 1.90. The SMILES string of the molecule is CN1CCc2cc(F)ccc2C(N=O)C1=O. The molecule has 0 saturated heterocycles. The fraction of sp³-hybridized carbons (Fsp3) is 0.364. The third-order valence-corrected chi connectivity index (χ3v) is 2.83. The van der Waals surface area contributed by atoms with Gasteiger partial charge in [0.1, 0.15) is 5.82 Å². The summed E-state index contributed by atoms with van der Waals surface area (Å²) in [5, 5.41) is 2.85. The van der Waals surface area contributed by atoms with Crippen LogP contribution in [-0.2, 0) is 11.2 Å². The van der Waals surface area contributed by atoms with E-state index in [4.69, 9.17) is 0 Å². The van der Waals surface area contributed by atoms with Crippen LogP contribution in [0.5, 0.6) is 0 Å². The summed E-state index contributed by atoms with van der Waals surface area (Å²) < 4.78 is 13.0. The molecule has 16 heavy (non-hydrogen) atoms. The van der Waals surface area contributed by atoms with Gasteiger partial charge in [0.05, 0.1) is 0 Å². The first-order valence-corrected chi connectivity index (χ1v) is 4.99. The summed E-state index contributed by atoms with van der Waals surface area (Å²) in [4.78, 5) is 23.9. The van der Waals surface area contributed by atoms with Gasteiger partial charge in [-0.05, 0) is 29.7 Å². The average molecular weight is 222 g/mol. The van der Waals surface area contributed by atoms with Crippen LogP contribution in [0.3, 0.4) is 0 Å². The topological polar surface area (TPSA) is 49.7 Å². The summed E-state index contributed by atoms with van der Waals surface area (Å²) in [5.41, 5.74) is 1.20. The second kappa shape index (κ2) is 4.00. The van der Waals surface area contributed by atoms with Crippen LogP contribution in [0.15, 0.2) is 23.4 Å². The molecule has 5 heteroatoms. The van der Waals surface area contributed by atoms with Gasteiger partial charge in [-0.2, -0.15) is 0 Å². The van der Waals surface area contributed by atoms with Crippen LogP contribution in [-0.4, -0.2) is 24.4 Å². The van der Waals surface area contributed by atoms with Crippen LogP contribution in [0.25, 0.3) is 0 Å². The van der Waals surface area contributed by atoms with E-state index in [2.05, 4.69) is 5.18 Å². The van der Waals surface area contributed by atoms with Gasteiger partial charge in [0.25, 0.3) is 5.91 Å². The monoisotopic (exact) mass is 222 g/mol. The summed E-state index contributed by atoms with van der Waals surface area (Å²) in [6.45, 7) is 0.474. The molecule has 0 aliphatic carbocycles. The number of carbonyl (C=O) groups is 1. The van der Waals surface area contributed by atoms with Crippen molar-refractivity contribution in [3.05, 3.63) is 40.1 Å². The van der Waals surface area contributed by atoms with E-state index < -0.39 is 6.04 Å². The van der Waals surface area contributed by atoms with Crippen molar-refractivity contribution in [2.75, 3.05) is 13.6 Å². The van der Waals surface area contributed by atoms with Crippen molar-refractivity contribution in [1.82, 2.24) is 4.90 Å². The summed E-state index contributed by atoms with van der Waals surface area (Å²) in [6.07, 6.45) is 0.543. The zero-order chi connectivity index (χ0) is 11.7. The van der Waals surface area contributed by atoms with Gasteiger partial charge < -0.3 is 4.90 Å². The third-order valence-electron chi connectivity index (χ3n) is 2.83. The molecule has 0 fully saturated rings. The van der Waals surface area contributed by atoms with Crippen molar-refractivity contribution in [2.24, 2.45) is 5.18 Å². The van der Waals surface area contributed by atoms with E-state index in [0.717, 1.165) is 0 Å². The minimum absolute atomic E-state index is 0.333. The van der Waals surface area contributed by atoms with Gasteiger partial charge in [0.2, 0.25) is 0 Å². The Morgan fingerprint density at radius 2 is 2.25 bits per heavy atom. The van der Waals surface area contributed by atoms with E-state index in [1.165, 1.54) is 23.1 Å². The molecule has 0 saturated carbocycles. The zero-order valence-electron chi connectivity index (χ0n) is 8.81. The number of nitroso groups, excluding NO2 is 1. The minimum Gasteiger partial charge on any atom is -0.343 e. The Labute approximate surface area is 92.0 Å². The van der Waals surface area contributed by atoms with Crippen LogP contribution in [0.4, 0.5) is 4.39 Å². The van der Waals surface area contributed by atoms with Crippen molar-refractivity contribution in [1.29, 1.82) is 0 Å². The number of benzene rings is 1. The van der Waals surface area contributed by atoms with Gasteiger partial charge >= 0.3 is 0 Å². The molecule has 0 bridgehead atoms. The van der Waals surface area contributed by atoms with Crippen LogP contribution in [0, 0.1) is 10.7 Å². The van der Waals surface area contributed by atoms with Gasteiger partial charge in [-0.25, -0.2) is 4.39 Å². The molecule has 1 aromatic rings. The summed E-state index contributed by atoms with van der Waals surface area (Å²) in [7, 11) is 1.61. The van der Waals surface area contributed by atoms with Gasteiger partial charge in [-0.3, -0.25) is 4.79 Å². The molecular weight excluding hydrogens is 211 g/mol. The van der Waals surface area contributed by atoms with E-state index in [9.17, 15) is 14.1 Å². The van der Waals surface area contributed by atoms with Crippen molar-refractivity contribution < 1.29 is 9.18 Å². The molecule has 1 aliphatic heterocycles. The molecule has 4 nitrogen and oxygen atoms in total. The van der Waals surface area contributed by atoms with Crippen molar-refractivity contribution >= 4 is 5.91 Å². The minimum atomic E-state index is -1.04. The number of carbonyl (C=O) groups excluding carboxylic acids is 1. The quantitative estimate of drug-likeness (QED) is 0.678. The molecule has 0 spiro atoms. The normalized spacial score (nSPS) is 20.2. The molecule has 1 heterocycles. The predicted molar refractivity (Wildman–Crippen MR) is 56.3 cm³/mol. The van der Waals surface area contributed by atoms with E-state index in [0.29, 0.717) is 24.1 Å². The third kappa shape index (κ3) is 1.68. The Kier molecular flexibility index (Phi) is 2.68. The first kappa shape index (κ1) is 10.7. The van der Waals surface area contributed by atoms with Gasteiger partial charge in [-0.15, -0.1) is 4.91 Å². The van der Waals surface area contributed by atoms with Crippen molar-refractivity contribution in [3.8, 4) is 0 Å². The van der Waals surface area contributed by atoms with Gasteiger partial charge in [0, 0.05) is 13.6 Å². The highest BCUT2D eigenvalue weighted by Crippen LogP contribution is 2.27. The lowest BCUT2D eigenvalue weighted by atomic mass is 9.99. The summed E-state index contributed by atoms with van der Waals surface area (Å²) >= 11 is 0. The zero-order valence-corrected chi connectivity index (χ0v) is 8.81. The van der Waals surface area contributed by atoms with Crippen LogP contribution < -0.4 is 0 Å². The van der Waals surface area contributed by atoms with E-state index in [-0.39, 0.29) is 11.7 Å². The van der Waals surface area contributed by atoms with Crippen LogP contribution in [0.2, 0.25) is 0 Å². The number of rotatable bonds is 1. The Morgan fingerprint density at radius 3 is 2.94 bits per heavy atom. The lowest BCUT2D eigenvalue weighted by molar-refractivity contribution is -0.131. The molecule has 1 aliphatic rings. The smallest absolute Gasteiger partial charge is 0.255 e. The summed E-state index contributed by atoms with van der Waals surface area (Å²) in [5.74, 6) is -0.694. The van der Waals surface area contributed by atoms with Crippen molar-refractivity contribution in [2.45, 2.75) is 12.5 Å². The molecule has 0 N–H and O–H groups in total. The largest absolute Gasteiger partial charge is 0.343 e. The Morgan fingerprint density at radius 1 is 1.50 bits per heavy atom. The lowest BCUT2D eigenvalue weighted by Gasteiger charge is -2.15. The van der Waals surface area contributed by atoms with Crippen molar-refractivity contribution in [3.63, 3.8) is 0 Å². The highest BCUT2D eigenvalue weighted by molar-refractivity contribution is 5.84. The fourth-order valence-electron chi connectivity index (χ4n) is 1.90. The highest BCUT2D eigenvalue weighted by atomic mass is 19.1. The first-order valence-electron chi connectivity index (χ1n) is 4.99. The lowest BCUT2D eigenvalue weighted by Crippen LogP contribution is -2.30. The average Bonchev–Trinajstić information content (AvgIpc) is 2.38. The van der Waals surface area contributed by atoms with Gasteiger partial charge in [0.15, 0.2) is 6.04 Å². The number of fused-ring (bicyclic) bond motifs is 1. The molecule has 2 rings (SSSR count). The Balaban J connectivity index is 2.52. The van der Waals surface area contributed by atoms with E-state index in [1.807, 2.05) is 0 Å². The Hall–Kier alpha value is -1.78. The maximum absolute atomic E-state index is 13.0. The molecule has 1 unspecified atom stereocenters. The second-order valence-corrected chi connectivity index (χ2v) is 3.86.